The molecule has 0 spiro atoms. The topological polar surface area (TPSA) is 59.6 Å². The summed E-state index contributed by atoms with van der Waals surface area (Å²) < 4.78 is 10.6. The summed E-state index contributed by atoms with van der Waals surface area (Å²) in [5, 5.41) is 6.49. The Labute approximate surface area is 132 Å². The zero-order chi connectivity index (χ0) is 15.8. The van der Waals surface area contributed by atoms with Crippen LogP contribution < -0.4 is 15.4 Å². The second-order valence-electron chi connectivity index (χ2n) is 5.68. The molecule has 122 valence electrons. The fraction of sp³-hybridized carbons (Fsp3) is 0.588. The van der Waals surface area contributed by atoms with Crippen LogP contribution in [0.5, 0.6) is 5.75 Å². The van der Waals surface area contributed by atoms with Gasteiger partial charge in [0.2, 0.25) is 0 Å². The van der Waals surface area contributed by atoms with Gasteiger partial charge in [-0.25, -0.2) is 0 Å². The molecule has 1 aliphatic rings. The third-order valence-corrected chi connectivity index (χ3v) is 3.96. The summed E-state index contributed by atoms with van der Waals surface area (Å²) >= 11 is 0. The molecule has 2 unspecified atom stereocenters. The average Bonchev–Trinajstić information content (AvgIpc) is 2.54. The van der Waals surface area contributed by atoms with Gasteiger partial charge in [0.15, 0.2) is 0 Å². The zero-order valence-electron chi connectivity index (χ0n) is 13.4. The van der Waals surface area contributed by atoms with Crippen molar-refractivity contribution in [2.75, 3.05) is 26.9 Å². The summed E-state index contributed by atoms with van der Waals surface area (Å²) in [6.45, 7) is 4.45. The van der Waals surface area contributed by atoms with Crippen LogP contribution in [-0.2, 0) is 4.74 Å². The number of hydrogen-bond donors (Lipinski definition) is 2. The van der Waals surface area contributed by atoms with E-state index in [0.29, 0.717) is 24.8 Å². The summed E-state index contributed by atoms with van der Waals surface area (Å²) in [7, 11) is 1.68. The minimum atomic E-state index is -0.0218. The van der Waals surface area contributed by atoms with E-state index in [4.69, 9.17) is 9.47 Å². The van der Waals surface area contributed by atoms with Crippen molar-refractivity contribution in [3.63, 3.8) is 0 Å². The van der Waals surface area contributed by atoms with Gasteiger partial charge >= 0.3 is 0 Å². The van der Waals surface area contributed by atoms with Gasteiger partial charge in [-0.1, -0.05) is 0 Å². The second-order valence-corrected chi connectivity index (χ2v) is 5.68. The fourth-order valence-electron chi connectivity index (χ4n) is 2.59. The van der Waals surface area contributed by atoms with Crippen molar-refractivity contribution in [3.05, 3.63) is 29.8 Å². The van der Waals surface area contributed by atoms with E-state index in [1.807, 2.05) is 24.3 Å². The zero-order valence-corrected chi connectivity index (χ0v) is 13.4. The highest BCUT2D eigenvalue weighted by Gasteiger charge is 2.22. The Bertz CT molecular complexity index is 461. The van der Waals surface area contributed by atoms with Crippen LogP contribution in [-0.4, -0.2) is 44.9 Å². The second kappa shape index (κ2) is 8.76. The number of carbonyl (C=O) groups is 1. The van der Waals surface area contributed by atoms with Crippen LogP contribution in [0.25, 0.3) is 0 Å². The van der Waals surface area contributed by atoms with E-state index in [1.54, 1.807) is 7.11 Å². The van der Waals surface area contributed by atoms with Gasteiger partial charge in [-0.05, 0) is 50.6 Å². The summed E-state index contributed by atoms with van der Waals surface area (Å²) in [4.78, 5) is 12.3. The number of carbonyl (C=O) groups excluding carboxylic acids is 1. The minimum Gasteiger partial charge on any atom is -0.494 e. The van der Waals surface area contributed by atoms with Crippen LogP contribution in [0, 0.1) is 0 Å². The molecule has 0 aliphatic carbocycles. The molecule has 5 heteroatoms. The van der Waals surface area contributed by atoms with Crippen molar-refractivity contribution in [2.45, 2.75) is 38.3 Å². The van der Waals surface area contributed by atoms with E-state index < -0.39 is 0 Å². The van der Waals surface area contributed by atoms with E-state index in [9.17, 15) is 4.79 Å². The van der Waals surface area contributed by atoms with Gasteiger partial charge in [0.1, 0.15) is 5.75 Å². The maximum absolute atomic E-state index is 12.3. The molecule has 0 aromatic heterocycles. The number of piperidine rings is 1. The number of hydrogen-bond acceptors (Lipinski definition) is 4. The molecule has 1 amide bonds. The van der Waals surface area contributed by atoms with Gasteiger partial charge in [-0.3, -0.25) is 4.79 Å². The van der Waals surface area contributed by atoms with Crippen LogP contribution in [0.3, 0.4) is 0 Å². The fourth-order valence-corrected chi connectivity index (χ4v) is 2.59. The SMILES string of the molecule is COCCCOc1ccc(C(=O)NC2CCCNC2C)cc1. The van der Waals surface area contributed by atoms with Crippen molar-refractivity contribution in [2.24, 2.45) is 0 Å². The summed E-state index contributed by atoms with van der Waals surface area (Å²) in [6.07, 6.45) is 2.98. The lowest BCUT2D eigenvalue weighted by Crippen LogP contribution is -2.51. The Morgan fingerprint density at radius 3 is 2.77 bits per heavy atom. The lowest BCUT2D eigenvalue weighted by Gasteiger charge is -2.30. The van der Waals surface area contributed by atoms with Crippen LogP contribution in [0.15, 0.2) is 24.3 Å². The Kier molecular flexibility index (Phi) is 6.68. The van der Waals surface area contributed by atoms with E-state index in [0.717, 1.165) is 31.6 Å². The van der Waals surface area contributed by atoms with Crippen molar-refractivity contribution >= 4 is 5.91 Å². The summed E-state index contributed by atoms with van der Waals surface area (Å²) in [5.41, 5.74) is 0.669. The highest BCUT2D eigenvalue weighted by molar-refractivity contribution is 5.94. The lowest BCUT2D eigenvalue weighted by atomic mass is 9.99. The highest BCUT2D eigenvalue weighted by atomic mass is 16.5. The first-order chi connectivity index (χ1) is 10.7. The van der Waals surface area contributed by atoms with Gasteiger partial charge in [-0.2, -0.15) is 0 Å². The third kappa shape index (κ3) is 5.00. The molecule has 1 heterocycles. The molecule has 22 heavy (non-hydrogen) atoms. The summed E-state index contributed by atoms with van der Waals surface area (Å²) in [6, 6.07) is 7.81. The highest BCUT2D eigenvalue weighted by Crippen LogP contribution is 2.14. The predicted molar refractivity (Wildman–Crippen MR) is 86.4 cm³/mol. The molecule has 0 bridgehead atoms. The van der Waals surface area contributed by atoms with E-state index in [1.165, 1.54) is 0 Å². The Morgan fingerprint density at radius 2 is 2.09 bits per heavy atom. The van der Waals surface area contributed by atoms with Gasteiger partial charge in [0.25, 0.3) is 5.91 Å². The van der Waals surface area contributed by atoms with Crippen molar-refractivity contribution in [1.82, 2.24) is 10.6 Å². The first kappa shape index (κ1) is 16.8. The van der Waals surface area contributed by atoms with Crippen LogP contribution in [0.2, 0.25) is 0 Å². The maximum Gasteiger partial charge on any atom is 0.251 e. The van der Waals surface area contributed by atoms with Crippen LogP contribution >= 0.6 is 0 Å². The number of ether oxygens (including phenoxy) is 2. The first-order valence-electron chi connectivity index (χ1n) is 7.97. The maximum atomic E-state index is 12.3. The molecule has 1 aromatic carbocycles. The average molecular weight is 306 g/mol. The van der Waals surface area contributed by atoms with Gasteiger partial charge < -0.3 is 20.1 Å². The summed E-state index contributed by atoms with van der Waals surface area (Å²) in [5.74, 6) is 0.756. The molecule has 0 radical (unpaired) electrons. The number of nitrogens with one attached hydrogen (secondary N) is 2. The number of benzene rings is 1. The molecule has 2 N–H and O–H groups in total. The van der Waals surface area contributed by atoms with Crippen molar-refractivity contribution in [1.29, 1.82) is 0 Å². The van der Waals surface area contributed by atoms with Gasteiger partial charge in [0.05, 0.1) is 6.61 Å². The molecule has 1 aromatic rings. The van der Waals surface area contributed by atoms with Gasteiger partial charge in [0, 0.05) is 37.8 Å². The molecule has 1 aliphatic heterocycles. The number of rotatable bonds is 7. The monoisotopic (exact) mass is 306 g/mol. The largest absolute Gasteiger partial charge is 0.494 e. The molecule has 1 fully saturated rings. The van der Waals surface area contributed by atoms with Gasteiger partial charge in [-0.15, -0.1) is 0 Å². The van der Waals surface area contributed by atoms with Crippen LogP contribution in [0.4, 0.5) is 0 Å². The molecule has 1 saturated heterocycles. The smallest absolute Gasteiger partial charge is 0.251 e. The Balaban J connectivity index is 1.82. The van der Waals surface area contributed by atoms with Crippen molar-refractivity contribution in [3.8, 4) is 5.75 Å². The quantitative estimate of drug-likeness (QED) is 0.756. The van der Waals surface area contributed by atoms with Crippen molar-refractivity contribution < 1.29 is 14.3 Å². The lowest BCUT2D eigenvalue weighted by molar-refractivity contribution is 0.0920. The van der Waals surface area contributed by atoms with E-state index >= 15 is 0 Å². The molecule has 0 saturated carbocycles. The van der Waals surface area contributed by atoms with E-state index in [-0.39, 0.29) is 11.9 Å². The standard InChI is InChI=1S/C17H26N2O3/c1-13-16(5-3-10-18-13)19-17(20)14-6-8-15(9-7-14)22-12-4-11-21-2/h6-9,13,16,18H,3-5,10-12H2,1-2H3,(H,19,20). The Hall–Kier alpha value is -1.59. The molecule has 5 nitrogen and oxygen atoms in total. The molecular formula is C17H26N2O3. The van der Waals surface area contributed by atoms with Crippen LogP contribution in [0.1, 0.15) is 36.5 Å². The molecule has 2 rings (SSSR count). The molecule has 2 atom stereocenters. The first-order valence-corrected chi connectivity index (χ1v) is 7.97. The number of methoxy groups -OCH3 is 1. The normalized spacial score (nSPS) is 21.4. The predicted octanol–water partition coefficient (Wildman–Crippen LogP) is 1.97. The minimum absolute atomic E-state index is 0.0218. The van der Waals surface area contributed by atoms with E-state index in [2.05, 4.69) is 17.6 Å². The third-order valence-electron chi connectivity index (χ3n) is 3.96. The molecular weight excluding hydrogens is 280 g/mol. The Morgan fingerprint density at radius 1 is 1.32 bits per heavy atom. The number of amides is 1.